The van der Waals surface area contributed by atoms with Crippen LogP contribution in [-0.4, -0.2) is 50.5 Å². The van der Waals surface area contributed by atoms with Crippen LogP contribution in [0.1, 0.15) is 26.7 Å². The van der Waals surface area contributed by atoms with Crippen LogP contribution in [0.15, 0.2) is 0 Å². The Kier molecular flexibility index (Phi) is 5.21. The molecule has 1 rings (SSSR count). The van der Waals surface area contributed by atoms with Gasteiger partial charge in [0.1, 0.15) is 9.84 Å². The molecule has 1 saturated heterocycles. The highest BCUT2D eigenvalue weighted by Crippen LogP contribution is 2.15. The van der Waals surface area contributed by atoms with E-state index in [4.69, 9.17) is 5.73 Å². The Balaban J connectivity index is 2.27. The van der Waals surface area contributed by atoms with Gasteiger partial charge in [-0.3, -0.25) is 0 Å². The first kappa shape index (κ1) is 13.9. The van der Waals surface area contributed by atoms with Crippen LogP contribution in [0.3, 0.4) is 0 Å². The molecule has 2 unspecified atom stereocenters. The molecule has 2 N–H and O–H groups in total. The minimum absolute atomic E-state index is 0.253. The summed E-state index contributed by atoms with van der Waals surface area (Å²) in [5.41, 5.74) is 5.94. The van der Waals surface area contributed by atoms with Gasteiger partial charge in [0.15, 0.2) is 0 Å². The number of hydrogen-bond donors (Lipinski definition) is 1. The molecule has 16 heavy (non-hydrogen) atoms. The summed E-state index contributed by atoms with van der Waals surface area (Å²) in [4.78, 5) is 2.30. The Bertz CT molecular complexity index is 293. The molecule has 0 amide bonds. The topological polar surface area (TPSA) is 63.4 Å². The molecule has 0 spiro atoms. The minimum atomic E-state index is -2.81. The molecule has 1 aliphatic heterocycles. The van der Waals surface area contributed by atoms with Gasteiger partial charge < -0.3 is 10.6 Å². The summed E-state index contributed by atoms with van der Waals surface area (Å²) in [5.74, 6) is 1.19. The predicted molar refractivity (Wildman–Crippen MR) is 67.1 cm³/mol. The Morgan fingerprint density at radius 3 is 2.62 bits per heavy atom. The maximum Gasteiger partial charge on any atom is 0.150 e. The average Bonchev–Trinajstić information content (AvgIpc) is 2.16. The van der Waals surface area contributed by atoms with Crippen LogP contribution in [0.25, 0.3) is 0 Å². The zero-order chi connectivity index (χ0) is 12.2. The maximum atomic E-state index is 11.3. The van der Waals surface area contributed by atoms with Gasteiger partial charge in [0.05, 0.1) is 5.75 Å². The van der Waals surface area contributed by atoms with Gasteiger partial charge >= 0.3 is 0 Å². The van der Waals surface area contributed by atoms with Crippen molar-refractivity contribution in [3.05, 3.63) is 0 Å². The van der Waals surface area contributed by atoms with Crippen molar-refractivity contribution in [3.63, 3.8) is 0 Å². The lowest BCUT2D eigenvalue weighted by Crippen LogP contribution is -2.46. The largest absolute Gasteiger partial charge is 0.327 e. The number of hydrogen-bond acceptors (Lipinski definition) is 4. The van der Waals surface area contributed by atoms with E-state index in [9.17, 15) is 8.42 Å². The molecule has 0 aromatic heterocycles. The maximum absolute atomic E-state index is 11.3. The van der Waals surface area contributed by atoms with Crippen LogP contribution in [0.4, 0.5) is 0 Å². The van der Waals surface area contributed by atoms with E-state index < -0.39 is 9.84 Å². The first-order valence-corrected chi connectivity index (χ1v) is 7.93. The smallest absolute Gasteiger partial charge is 0.150 e. The van der Waals surface area contributed by atoms with E-state index in [1.54, 1.807) is 6.92 Å². The monoisotopic (exact) mass is 248 g/mol. The van der Waals surface area contributed by atoms with E-state index in [1.807, 2.05) is 0 Å². The van der Waals surface area contributed by atoms with Gasteiger partial charge in [-0.1, -0.05) is 13.8 Å². The first-order valence-electron chi connectivity index (χ1n) is 6.11. The fourth-order valence-electron chi connectivity index (χ4n) is 2.35. The summed E-state index contributed by atoms with van der Waals surface area (Å²) in [6, 6.07) is 0.256. The normalized spacial score (nSPS) is 28.2. The molecule has 5 heteroatoms. The highest BCUT2D eigenvalue weighted by molar-refractivity contribution is 7.91. The Hall–Kier alpha value is -0.130. The van der Waals surface area contributed by atoms with E-state index in [0.29, 0.717) is 11.7 Å². The van der Waals surface area contributed by atoms with Crippen LogP contribution in [0, 0.1) is 5.92 Å². The van der Waals surface area contributed by atoms with Gasteiger partial charge in [0.25, 0.3) is 0 Å². The van der Waals surface area contributed by atoms with Crippen LogP contribution >= 0.6 is 0 Å². The third kappa shape index (κ3) is 4.80. The van der Waals surface area contributed by atoms with Crippen molar-refractivity contribution in [1.82, 2.24) is 4.90 Å². The lowest BCUT2D eigenvalue weighted by Gasteiger charge is -2.34. The number of likely N-dealkylation sites (tertiary alicyclic amines) is 1. The fourth-order valence-corrected chi connectivity index (χ4v) is 3.21. The molecule has 0 aliphatic carbocycles. The summed E-state index contributed by atoms with van der Waals surface area (Å²) in [7, 11) is -2.81. The van der Waals surface area contributed by atoms with E-state index in [-0.39, 0.29) is 11.8 Å². The number of nitrogens with two attached hydrogens (primary N) is 1. The summed E-state index contributed by atoms with van der Waals surface area (Å²) in [6.07, 6.45) is 1.82. The van der Waals surface area contributed by atoms with Crippen molar-refractivity contribution in [3.8, 4) is 0 Å². The van der Waals surface area contributed by atoms with Crippen molar-refractivity contribution < 1.29 is 8.42 Å². The number of sulfone groups is 1. The SMILES string of the molecule is CCS(=O)(=O)CCCN1CC(C)CC(N)C1. The zero-order valence-electron chi connectivity index (χ0n) is 10.4. The lowest BCUT2D eigenvalue weighted by molar-refractivity contribution is 0.166. The number of piperidine rings is 1. The van der Waals surface area contributed by atoms with Gasteiger partial charge in [-0.05, 0) is 25.3 Å². The molecule has 1 heterocycles. The highest BCUT2D eigenvalue weighted by Gasteiger charge is 2.21. The highest BCUT2D eigenvalue weighted by atomic mass is 32.2. The molecular weight excluding hydrogens is 224 g/mol. The standard InChI is InChI=1S/C11H24N2O2S/c1-3-16(14,15)6-4-5-13-8-10(2)7-11(12)9-13/h10-11H,3-9,12H2,1-2H3. The third-order valence-electron chi connectivity index (χ3n) is 3.14. The molecule has 0 bridgehead atoms. The average molecular weight is 248 g/mol. The van der Waals surface area contributed by atoms with Gasteiger partial charge in [0.2, 0.25) is 0 Å². The summed E-state index contributed by atoms with van der Waals surface area (Å²) >= 11 is 0. The van der Waals surface area contributed by atoms with Gasteiger partial charge in [-0.2, -0.15) is 0 Å². The van der Waals surface area contributed by atoms with Gasteiger partial charge in [0, 0.05) is 24.9 Å². The van der Waals surface area contributed by atoms with E-state index in [0.717, 1.165) is 32.5 Å². The van der Waals surface area contributed by atoms with E-state index in [1.165, 1.54) is 0 Å². The second kappa shape index (κ2) is 5.98. The molecule has 96 valence electrons. The lowest BCUT2D eigenvalue weighted by atomic mass is 9.96. The minimum Gasteiger partial charge on any atom is -0.327 e. The molecule has 0 aromatic rings. The van der Waals surface area contributed by atoms with Gasteiger partial charge in [-0.15, -0.1) is 0 Å². The Morgan fingerprint density at radius 2 is 2.06 bits per heavy atom. The van der Waals surface area contributed by atoms with E-state index >= 15 is 0 Å². The number of rotatable bonds is 5. The summed E-state index contributed by atoms with van der Waals surface area (Å²) in [5, 5.41) is 0. The second-order valence-electron chi connectivity index (χ2n) is 4.95. The van der Waals surface area contributed by atoms with Crippen LogP contribution in [0.2, 0.25) is 0 Å². The molecule has 0 saturated carbocycles. The second-order valence-corrected chi connectivity index (χ2v) is 7.42. The molecule has 4 nitrogen and oxygen atoms in total. The predicted octanol–water partition coefficient (Wildman–Crippen LogP) is 0.480. The summed E-state index contributed by atoms with van der Waals surface area (Å²) in [6.45, 7) is 6.73. The molecule has 1 fully saturated rings. The van der Waals surface area contributed by atoms with E-state index in [2.05, 4.69) is 11.8 Å². The quantitative estimate of drug-likeness (QED) is 0.768. The Labute approximate surface area is 99.1 Å². The molecule has 1 aliphatic rings. The van der Waals surface area contributed by atoms with Gasteiger partial charge in [-0.25, -0.2) is 8.42 Å². The van der Waals surface area contributed by atoms with Crippen LogP contribution in [-0.2, 0) is 9.84 Å². The molecule has 0 aromatic carbocycles. The third-order valence-corrected chi connectivity index (χ3v) is 4.93. The van der Waals surface area contributed by atoms with Crippen molar-refractivity contribution in [2.24, 2.45) is 11.7 Å². The van der Waals surface area contributed by atoms with Crippen LogP contribution in [0.5, 0.6) is 0 Å². The van der Waals surface area contributed by atoms with Crippen molar-refractivity contribution in [2.45, 2.75) is 32.7 Å². The molecular formula is C11H24N2O2S. The first-order chi connectivity index (χ1) is 7.43. The summed E-state index contributed by atoms with van der Waals surface area (Å²) < 4.78 is 22.7. The van der Waals surface area contributed by atoms with Crippen molar-refractivity contribution >= 4 is 9.84 Å². The zero-order valence-corrected chi connectivity index (χ0v) is 11.2. The van der Waals surface area contributed by atoms with Crippen molar-refractivity contribution in [2.75, 3.05) is 31.1 Å². The van der Waals surface area contributed by atoms with Crippen LogP contribution < -0.4 is 5.73 Å². The van der Waals surface area contributed by atoms with Crippen molar-refractivity contribution in [1.29, 1.82) is 0 Å². The Morgan fingerprint density at radius 1 is 1.38 bits per heavy atom. The number of nitrogens with zero attached hydrogens (tertiary/aromatic N) is 1. The molecule has 0 radical (unpaired) electrons. The molecule has 2 atom stereocenters. The fraction of sp³-hybridized carbons (Fsp3) is 1.00.